The monoisotopic (exact) mass is 506 g/mol. The number of sulfonamides is 1. The third-order valence-electron chi connectivity index (χ3n) is 6.53. The molecule has 1 atom stereocenters. The van der Waals surface area contributed by atoms with E-state index < -0.39 is 10.0 Å². The topological polar surface area (TPSA) is 139 Å². The van der Waals surface area contributed by atoms with Crippen molar-refractivity contribution in [1.82, 2.24) is 33.7 Å². The second kappa shape index (κ2) is 8.95. The Hall–Kier alpha value is -3.90. The van der Waals surface area contributed by atoms with Gasteiger partial charge in [-0.25, -0.2) is 22.5 Å². The van der Waals surface area contributed by atoms with Crippen LogP contribution < -0.4 is 11.0 Å². The highest BCUT2D eigenvalue weighted by atomic mass is 32.2. The van der Waals surface area contributed by atoms with Crippen molar-refractivity contribution in [3.05, 3.63) is 59.0 Å². The van der Waals surface area contributed by atoms with Gasteiger partial charge in [-0.05, 0) is 30.7 Å². The van der Waals surface area contributed by atoms with Crippen molar-refractivity contribution in [2.24, 2.45) is 7.05 Å². The van der Waals surface area contributed by atoms with Crippen LogP contribution in [0.1, 0.15) is 18.2 Å². The molecule has 0 saturated carbocycles. The van der Waals surface area contributed by atoms with Crippen molar-refractivity contribution in [2.45, 2.75) is 12.5 Å². The van der Waals surface area contributed by atoms with Gasteiger partial charge in [-0.1, -0.05) is 0 Å². The first-order valence-corrected chi connectivity index (χ1v) is 13.2. The van der Waals surface area contributed by atoms with Crippen LogP contribution in [0, 0.1) is 5.41 Å². The molecule has 5 rings (SSSR count). The first-order chi connectivity index (χ1) is 17.2. The van der Waals surface area contributed by atoms with E-state index in [0.29, 0.717) is 52.0 Å². The highest BCUT2D eigenvalue weighted by Crippen LogP contribution is 2.30. The summed E-state index contributed by atoms with van der Waals surface area (Å²) >= 11 is 0. The average molecular weight is 507 g/mol. The van der Waals surface area contributed by atoms with Crippen LogP contribution in [0.25, 0.3) is 38.9 Å². The number of hydrogen-bond donors (Lipinski definition) is 2. The maximum absolute atomic E-state index is 13.3. The summed E-state index contributed by atoms with van der Waals surface area (Å²) in [4.78, 5) is 27.1. The van der Waals surface area contributed by atoms with Gasteiger partial charge in [-0.15, -0.1) is 0 Å². The minimum absolute atomic E-state index is 0.228. The lowest BCUT2D eigenvalue weighted by Crippen LogP contribution is -2.31. The SMILES string of the molecule is CN/C=C(\C=N)c1ccc(-c2ccc3ncc4c(c3n2)n(C2CCN(S(C)(=O)=O)C2)c(=O)n4C)cn1. The Kier molecular flexibility index (Phi) is 5.92. The van der Waals surface area contributed by atoms with Crippen LogP contribution in [-0.4, -0.2) is 69.4 Å². The lowest BCUT2D eigenvalue weighted by atomic mass is 10.1. The summed E-state index contributed by atoms with van der Waals surface area (Å²) < 4.78 is 28.8. The highest BCUT2D eigenvalue weighted by molar-refractivity contribution is 7.88. The van der Waals surface area contributed by atoms with Crippen LogP contribution in [-0.2, 0) is 17.1 Å². The van der Waals surface area contributed by atoms with E-state index in [4.69, 9.17) is 10.4 Å². The molecule has 1 aliphatic rings. The van der Waals surface area contributed by atoms with Crippen LogP contribution in [0.15, 0.2) is 47.7 Å². The Bertz CT molecular complexity index is 1690. The Balaban J connectivity index is 1.64. The summed E-state index contributed by atoms with van der Waals surface area (Å²) in [7, 11) is 0.0984. The Morgan fingerprint density at radius 3 is 2.64 bits per heavy atom. The number of fused-ring (bicyclic) bond motifs is 3. The molecule has 2 N–H and O–H groups in total. The molecule has 0 amide bonds. The van der Waals surface area contributed by atoms with Crippen LogP contribution in [0.3, 0.4) is 0 Å². The van der Waals surface area contributed by atoms with Crippen molar-refractivity contribution in [3.8, 4) is 11.3 Å². The van der Waals surface area contributed by atoms with Crippen molar-refractivity contribution in [3.63, 3.8) is 0 Å². The van der Waals surface area contributed by atoms with Crippen molar-refractivity contribution in [1.29, 1.82) is 5.41 Å². The fraction of sp³-hybridized carbons (Fsp3) is 0.292. The molecule has 4 aromatic rings. The number of hydrogen-bond acceptors (Lipinski definition) is 8. The second-order valence-corrected chi connectivity index (χ2v) is 10.8. The molecule has 1 unspecified atom stereocenters. The van der Waals surface area contributed by atoms with Gasteiger partial charge in [0.25, 0.3) is 0 Å². The van der Waals surface area contributed by atoms with Crippen LogP contribution in [0.4, 0.5) is 0 Å². The molecule has 1 fully saturated rings. The smallest absolute Gasteiger partial charge is 0.329 e. The summed E-state index contributed by atoms with van der Waals surface area (Å²) in [6, 6.07) is 7.12. The Labute approximate surface area is 207 Å². The maximum atomic E-state index is 13.3. The molecule has 0 aliphatic carbocycles. The van der Waals surface area contributed by atoms with E-state index in [-0.39, 0.29) is 18.3 Å². The molecule has 11 nitrogen and oxygen atoms in total. The number of allylic oxidation sites excluding steroid dienone is 1. The first-order valence-electron chi connectivity index (χ1n) is 11.4. The summed E-state index contributed by atoms with van der Waals surface area (Å²) in [6.45, 7) is 0.605. The molecule has 1 saturated heterocycles. The number of nitrogens with zero attached hydrogens (tertiary/aromatic N) is 6. The van der Waals surface area contributed by atoms with Crippen LogP contribution in [0.5, 0.6) is 0 Å². The standard InChI is InChI=1S/C24H26N8O3S/c1-26-11-16(10-25)18-5-4-15(12-27-18)19-6-7-20-22(29-19)23-21(13-28-20)30(2)24(33)32(23)17-8-9-31(14-17)36(3,34)35/h4-7,10-13,17,25-26H,8-9,14H2,1-3H3/b16-11+,25-10?. The van der Waals surface area contributed by atoms with E-state index >= 15 is 0 Å². The van der Waals surface area contributed by atoms with Gasteiger partial charge in [0.1, 0.15) is 5.52 Å². The van der Waals surface area contributed by atoms with Crippen molar-refractivity contribution in [2.75, 3.05) is 26.4 Å². The van der Waals surface area contributed by atoms with E-state index in [1.54, 1.807) is 37.3 Å². The summed E-state index contributed by atoms with van der Waals surface area (Å²) in [5, 5.41) is 10.5. The van der Waals surface area contributed by atoms with E-state index in [2.05, 4.69) is 15.3 Å². The quantitative estimate of drug-likeness (QED) is 0.380. The second-order valence-electron chi connectivity index (χ2n) is 8.80. The maximum Gasteiger partial charge on any atom is 0.329 e. The van der Waals surface area contributed by atoms with Gasteiger partial charge in [-0.3, -0.25) is 19.1 Å². The molecule has 4 aromatic heterocycles. The zero-order valence-electron chi connectivity index (χ0n) is 20.1. The number of nitrogens with one attached hydrogen (secondary N) is 2. The van der Waals surface area contributed by atoms with Crippen molar-refractivity contribution >= 4 is 43.9 Å². The fourth-order valence-electron chi connectivity index (χ4n) is 4.67. The van der Waals surface area contributed by atoms with E-state index in [9.17, 15) is 13.2 Å². The summed E-state index contributed by atoms with van der Waals surface area (Å²) in [5.74, 6) is 0. The van der Waals surface area contributed by atoms with Gasteiger partial charge >= 0.3 is 5.69 Å². The molecular formula is C24H26N8O3S. The molecule has 0 radical (unpaired) electrons. The minimum atomic E-state index is -3.35. The zero-order chi connectivity index (χ0) is 25.6. The molecule has 36 heavy (non-hydrogen) atoms. The lowest BCUT2D eigenvalue weighted by molar-refractivity contribution is 0.454. The number of aromatic nitrogens is 5. The van der Waals surface area contributed by atoms with E-state index in [0.717, 1.165) is 5.56 Å². The van der Waals surface area contributed by atoms with E-state index in [1.165, 1.54) is 21.3 Å². The minimum Gasteiger partial charge on any atom is -0.393 e. The first kappa shape index (κ1) is 23.8. The predicted octanol–water partition coefficient (Wildman–Crippen LogP) is 1.76. The van der Waals surface area contributed by atoms with Gasteiger partial charge in [-0.2, -0.15) is 0 Å². The predicted molar refractivity (Wildman–Crippen MR) is 139 cm³/mol. The van der Waals surface area contributed by atoms with Gasteiger partial charge in [0.2, 0.25) is 10.0 Å². The molecule has 1 aliphatic heterocycles. The molecule has 12 heteroatoms. The summed E-state index contributed by atoms with van der Waals surface area (Å²) in [6.07, 6.45) is 8.02. The van der Waals surface area contributed by atoms with Crippen molar-refractivity contribution < 1.29 is 8.42 Å². The lowest BCUT2D eigenvalue weighted by Gasteiger charge is -2.15. The van der Waals surface area contributed by atoms with Gasteiger partial charge in [0.15, 0.2) is 0 Å². The largest absolute Gasteiger partial charge is 0.393 e. The van der Waals surface area contributed by atoms with E-state index in [1.807, 2.05) is 24.3 Å². The normalized spacial score (nSPS) is 17.2. The number of pyridine rings is 3. The third-order valence-corrected chi connectivity index (χ3v) is 7.80. The third kappa shape index (κ3) is 3.97. The highest BCUT2D eigenvalue weighted by Gasteiger charge is 2.32. The van der Waals surface area contributed by atoms with Gasteiger partial charge in [0, 0.05) is 56.9 Å². The molecular weight excluding hydrogens is 480 g/mol. The molecule has 0 aromatic carbocycles. The Morgan fingerprint density at radius 1 is 1.19 bits per heavy atom. The molecule has 0 bridgehead atoms. The fourth-order valence-corrected chi connectivity index (χ4v) is 5.55. The average Bonchev–Trinajstić information content (AvgIpc) is 3.46. The number of imidazole rings is 1. The van der Waals surface area contributed by atoms with Gasteiger partial charge in [0.05, 0.1) is 46.4 Å². The molecule has 0 spiro atoms. The molecule has 186 valence electrons. The number of rotatable bonds is 6. The molecule has 5 heterocycles. The van der Waals surface area contributed by atoms with Gasteiger partial charge < -0.3 is 10.7 Å². The van der Waals surface area contributed by atoms with Crippen LogP contribution >= 0.6 is 0 Å². The summed E-state index contributed by atoms with van der Waals surface area (Å²) in [5.41, 5.74) is 5.00. The zero-order valence-corrected chi connectivity index (χ0v) is 21.0. The van der Waals surface area contributed by atoms with Crippen LogP contribution in [0.2, 0.25) is 0 Å². The number of aryl methyl sites for hydroxylation is 1. The Morgan fingerprint density at radius 2 is 2.00 bits per heavy atom.